The van der Waals surface area contributed by atoms with Crippen molar-refractivity contribution >= 4 is 52.4 Å². The van der Waals surface area contributed by atoms with E-state index in [0.29, 0.717) is 5.02 Å². The van der Waals surface area contributed by atoms with Gasteiger partial charge in [0.2, 0.25) is 0 Å². The van der Waals surface area contributed by atoms with E-state index in [1.807, 2.05) is 44.2 Å². The van der Waals surface area contributed by atoms with Crippen LogP contribution in [0.4, 0.5) is 21.5 Å². The molecule has 3 rings (SSSR count). The first-order chi connectivity index (χ1) is 14.3. The highest BCUT2D eigenvalue weighted by atomic mass is 35.5. The first-order valence-corrected chi connectivity index (χ1v) is 11.8. The lowest BCUT2D eigenvalue weighted by molar-refractivity contribution is 0.416. The molecule has 0 saturated carbocycles. The van der Waals surface area contributed by atoms with Crippen LogP contribution in [0.15, 0.2) is 52.5 Å². The molecule has 2 N–H and O–H groups in total. The van der Waals surface area contributed by atoms with E-state index < -0.39 is 0 Å². The molecule has 0 aromatic heterocycles. The third kappa shape index (κ3) is 6.14. The third-order valence-electron chi connectivity index (χ3n) is 4.61. The van der Waals surface area contributed by atoms with Crippen LogP contribution in [-0.4, -0.2) is 57.0 Å². The van der Waals surface area contributed by atoms with Gasteiger partial charge >= 0.3 is 0 Å². The molecule has 0 bridgehead atoms. The van der Waals surface area contributed by atoms with Crippen molar-refractivity contribution in [3.63, 3.8) is 0 Å². The predicted octanol–water partition coefficient (Wildman–Crippen LogP) is 5.25. The van der Waals surface area contributed by atoms with E-state index in [9.17, 15) is 4.39 Å². The highest BCUT2D eigenvalue weighted by Gasteiger charge is 2.13. The van der Waals surface area contributed by atoms with Crippen LogP contribution in [-0.2, 0) is 0 Å². The molecule has 0 atom stereocenters. The van der Waals surface area contributed by atoms with Gasteiger partial charge in [0.05, 0.1) is 28.0 Å². The lowest BCUT2D eigenvalue weighted by Crippen LogP contribution is -2.28. The second-order valence-corrected chi connectivity index (χ2v) is 9.47. The molecule has 0 spiro atoms. The summed E-state index contributed by atoms with van der Waals surface area (Å²) in [7, 11) is 8.05. The van der Waals surface area contributed by atoms with Gasteiger partial charge in [-0.15, -0.1) is 11.8 Å². The average Bonchev–Trinajstić information content (AvgIpc) is 3.12. The zero-order chi connectivity index (χ0) is 21.7. The number of nitrogens with zero attached hydrogens (tertiary/aromatic N) is 3. The van der Waals surface area contributed by atoms with Gasteiger partial charge in [-0.2, -0.15) is 0 Å². The van der Waals surface area contributed by atoms with Crippen LogP contribution < -0.4 is 14.9 Å². The van der Waals surface area contributed by atoms with Gasteiger partial charge in [-0.1, -0.05) is 11.6 Å². The monoisotopic (exact) mass is 467 g/mol. The van der Waals surface area contributed by atoms with Gasteiger partial charge in [0.15, 0.2) is 0 Å². The number of thioether (sulfide) groups is 1. The van der Waals surface area contributed by atoms with Gasteiger partial charge in [-0.25, -0.2) is 4.39 Å². The second-order valence-electron chi connectivity index (χ2n) is 7.35. The van der Waals surface area contributed by atoms with Crippen molar-refractivity contribution in [1.82, 2.24) is 14.5 Å². The number of halogens is 2. The largest absolute Gasteiger partial charge is 0.372 e. The van der Waals surface area contributed by atoms with Crippen LogP contribution in [0.3, 0.4) is 0 Å². The maximum atomic E-state index is 13.9. The lowest BCUT2D eigenvalue weighted by Gasteiger charge is -2.25. The quantitative estimate of drug-likeness (QED) is 0.487. The van der Waals surface area contributed by atoms with Crippen molar-refractivity contribution < 1.29 is 4.39 Å². The number of benzene rings is 2. The lowest BCUT2D eigenvalue weighted by atomic mass is 10.2. The smallest absolute Gasteiger partial charge is 0.125 e. The third-order valence-corrected chi connectivity index (χ3v) is 6.65. The molecule has 2 aromatic carbocycles. The molecule has 1 heterocycles. The molecule has 162 valence electrons. The Bertz CT molecular complexity index is 909. The Morgan fingerprint density at radius 2 is 1.90 bits per heavy atom. The minimum absolute atomic E-state index is 0.263. The molecule has 5 nitrogen and oxygen atoms in total. The number of hydrogen-bond acceptors (Lipinski definition) is 7. The van der Waals surface area contributed by atoms with Gasteiger partial charge in [0, 0.05) is 37.5 Å². The Morgan fingerprint density at radius 1 is 1.13 bits per heavy atom. The molecule has 0 amide bonds. The van der Waals surface area contributed by atoms with Crippen molar-refractivity contribution in [2.45, 2.75) is 4.90 Å². The Morgan fingerprint density at radius 3 is 2.57 bits per heavy atom. The fourth-order valence-corrected chi connectivity index (χ4v) is 4.75. The highest BCUT2D eigenvalue weighted by molar-refractivity contribution is 8.02. The van der Waals surface area contributed by atoms with E-state index in [4.69, 9.17) is 11.6 Å². The molecule has 0 unspecified atom stereocenters. The first kappa shape index (κ1) is 22.9. The van der Waals surface area contributed by atoms with E-state index in [1.54, 1.807) is 23.9 Å². The zero-order valence-corrected chi connectivity index (χ0v) is 20.0. The van der Waals surface area contributed by atoms with Crippen molar-refractivity contribution in [3.8, 4) is 0 Å². The van der Waals surface area contributed by atoms with Crippen LogP contribution in [0.25, 0.3) is 0 Å². The van der Waals surface area contributed by atoms with Gasteiger partial charge < -0.3 is 24.7 Å². The summed E-state index contributed by atoms with van der Waals surface area (Å²) in [6, 6.07) is 10.6. The summed E-state index contributed by atoms with van der Waals surface area (Å²) in [4.78, 5) is 7.30. The summed E-state index contributed by atoms with van der Waals surface area (Å²) in [5.74, 6) is 1.77. The number of nitrogens with one attached hydrogen (secondary N) is 2. The molecule has 0 saturated heterocycles. The van der Waals surface area contributed by atoms with E-state index in [-0.39, 0.29) is 5.82 Å². The summed E-state index contributed by atoms with van der Waals surface area (Å²) >= 11 is 9.82. The van der Waals surface area contributed by atoms with Crippen LogP contribution in [0.2, 0.25) is 5.02 Å². The van der Waals surface area contributed by atoms with E-state index in [1.165, 1.54) is 18.0 Å². The van der Waals surface area contributed by atoms with E-state index in [2.05, 4.69) is 32.3 Å². The maximum Gasteiger partial charge on any atom is 0.125 e. The molecule has 2 aromatic rings. The van der Waals surface area contributed by atoms with Crippen LogP contribution >= 0.6 is 35.3 Å². The summed E-state index contributed by atoms with van der Waals surface area (Å²) in [6.07, 6.45) is 0. The summed E-state index contributed by atoms with van der Waals surface area (Å²) in [6.45, 7) is 1.65. The SMILES string of the molecule is CN(C)CCN(C)c1cc(F)ccc1Nc1ccc(SNC2=CSCN2C)cc1Cl. The summed E-state index contributed by atoms with van der Waals surface area (Å²) < 4.78 is 17.3. The first-order valence-electron chi connectivity index (χ1n) is 9.51. The van der Waals surface area contributed by atoms with Crippen molar-refractivity contribution in [3.05, 3.63) is 58.5 Å². The standard InChI is InChI=1S/C21H27ClFN5S2/c1-26(2)9-10-27(3)20-11-15(23)5-7-19(20)24-18-8-6-16(12-17(18)22)30-25-21-13-29-14-28(21)4/h5-8,11-13,24-25H,9-10,14H2,1-4H3. The second kappa shape index (κ2) is 10.5. The van der Waals surface area contributed by atoms with Crippen LogP contribution in [0, 0.1) is 5.82 Å². The van der Waals surface area contributed by atoms with Crippen molar-refractivity contribution in [1.29, 1.82) is 0 Å². The minimum atomic E-state index is -0.263. The number of hydrogen-bond donors (Lipinski definition) is 2. The van der Waals surface area contributed by atoms with Gasteiger partial charge in [-0.05, 0) is 62.4 Å². The van der Waals surface area contributed by atoms with Gasteiger partial charge in [0.25, 0.3) is 0 Å². The minimum Gasteiger partial charge on any atom is -0.372 e. The fourth-order valence-electron chi connectivity index (χ4n) is 2.80. The highest BCUT2D eigenvalue weighted by Crippen LogP contribution is 2.34. The molecule has 0 aliphatic carbocycles. The van der Waals surface area contributed by atoms with E-state index >= 15 is 0 Å². The van der Waals surface area contributed by atoms with Crippen LogP contribution in [0.1, 0.15) is 0 Å². The van der Waals surface area contributed by atoms with Gasteiger partial charge in [0.1, 0.15) is 11.6 Å². The van der Waals surface area contributed by atoms with E-state index in [0.717, 1.165) is 46.7 Å². The molecule has 0 fully saturated rings. The molecule has 1 aliphatic rings. The molecule has 1 aliphatic heterocycles. The maximum absolute atomic E-state index is 13.9. The summed E-state index contributed by atoms with van der Waals surface area (Å²) in [5, 5.41) is 6.07. The van der Waals surface area contributed by atoms with Crippen molar-refractivity contribution in [2.75, 3.05) is 57.4 Å². The Kier molecular flexibility index (Phi) is 8.05. The molecule has 9 heteroatoms. The Labute approximate surface area is 191 Å². The zero-order valence-electron chi connectivity index (χ0n) is 17.6. The fraction of sp³-hybridized carbons (Fsp3) is 0.333. The van der Waals surface area contributed by atoms with Gasteiger partial charge in [-0.3, -0.25) is 0 Å². The van der Waals surface area contributed by atoms with Crippen LogP contribution in [0.5, 0.6) is 0 Å². The molecular formula is C21H27ClFN5S2. The molecule has 30 heavy (non-hydrogen) atoms. The molecular weight excluding hydrogens is 441 g/mol. The van der Waals surface area contributed by atoms with Crippen molar-refractivity contribution in [2.24, 2.45) is 0 Å². The topological polar surface area (TPSA) is 33.8 Å². The Hall–Kier alpha value is -1.74. The number of rotatable bonds is 9. The average molecular weight is 468 g/mol. The summed E-state index contributed by atoms with van der Waals surface area (Å²) in [5.41, 5.74) is 2.39. The number of likely N-dealkylation sites (N-methyl/N-ethyl adjacent to an activating group) is 2. The molecule has 0 radical (unpaired) electrons. The predicted molar refractivity (Wildman–Crippen MR) is 130 cm³/mol. The Balaban J connectivity index is 1.71. The normalized spacial score (nSPS) is 13.6. The number of anilines is 3.